The first-order chi connectivity index (χ1) is 12.4. The maximum absolute atomic E-state index is 13.0. The van der Waals surface area contributed by atoms with Crippen LogP contribution in [0, 0.1) is 0 Å². The quantitative estimate of drug-likeness (QED) is 0.736. The average molecular weight is 401 g/mol. The first kappa shape index (κ1) is 19.6. The summed E-state index contributed by atoms with van der Waals surface area (Å²) >= 11 is 6.23. The minimum Gasteiger partial charge on any atom is -0.376 e. The molecule has 1 aromatic carbocycles. The molecule has 26 heavy (non-hydrogen) atoms. The fourth-order valence-corrected chi connectivity index (χ4v) is 5.21. The van der Waals surface area contributed by atoms with E-state index in [4.69, 9.17) is 16.3 Å². The van der Waals surface area contributed by atoms with Crippen LogP contribution in [0.2, 0.25) is 5.02 Å². The van der Waals surface area contributed by atoms with Gasteiger partial charge in [0.2, 0.25) is 10.0 Å². The zero-order valence-electron chi connectivity index (χ0n) is 15.0. The van der Waals surface area contributed by atoms with Crippen LogP contribution in [-0.2, 0) is 14.8 Å². The number of nitrogens with zero attached hydrogens (tertiary/aromatic N) is 2. The Labute approximate surface area is 160 Å². The molecule has 3 rings (SSSR count). The van der Waals surface area contributed by atoms with Crippen LogP contribution in [-0.4, -0.2) is 62.4 Å². The third kappa shape index (κ3) is 4.06. The second-order valence-corrected chi connectivity index (χ2v) is 9.08. The van der Waals surface area contributed by atoms with E-state index in [1.807, 2.05) is 6.92 Å². The molecule has 144 valence electrons. The van der Waals surface area contributed by atoms with Crippen LogP contribution >= 0.6 is 11.6 Å². The first-order valence-corrected chi connectivity index (χ1v) is 11.0. The van der Waals surface area contributed by atoms with Crippen LogP contribution < -0.4 is 0 Å². The second-order valence-electron chi connectivity index (χ2n) is 6.73. The van der Waals surface area contributed by atoms with E-state index in [9.17, 15) is 13.2 Å². The normalized spacial score (nSPS) is 21.2. The van der Waals surface area contributed by atoms with E-state index in [0.717, 1.165) is 32.3 Å². The fraction of sp³-hybridized carbons (Fsp3) is 0.611. The lowest BCUT2D eigenvalue weighted by Crippen LogP contribution is -2.37. The zero-order chi connectivity index (χ0) is 18.7. The van der Waals surface area contributed by atoms with Gasteiger partial charge in [-0.15, -0.1) is 0 Å². The lowest BCUT2D eigenvalue weighted by Gasteiger charge is -2.25. The summed E-state index contributed by atoms with van der Waals surface area (Å²) in [5, 5.41) is 0.265. The van der Waals surface area contributed by atoms with Gasteiger partial charge in [-0.25, -0.2) is 8.42 Å². The molecule has 2 heterocycles. The largest absolute Gasteiger partial charge is 0.376 e. The maximum Gasteiger partial charge on any atom is 0.255 e. The summed E-state index contributed by atoms with van der Waals surface area (Å²) < 4.78 is 32.6. The van der Waals surface area contributed by atoms with Crippen LogP contribution in [0.4, 0.5) is 0 Å². The monoisotopic (exact) mass is 400 g/mol. The Hall–Kier alpha value is -1.15. The van der Waals surface area contributed by atoms with Gasteiger partial charge in [-0.1, -0.05) is 11.6 Å². The van der Waals surface area contributed by atoms with Crippen LogP contribution in [0.3, 0.4) is 0 Å². The molecule has 1 amide bonds. The predicted molar refractivity (Wildman–Crippen MR) is 100.0 cm³/mol. The minimum absolute atomic E-state index is 0.0363. The Morgan fingerprint density at radius 3 is 2.65 bits per heavy atom. The Kier molecular flexibility index (Phi) is 6.22. The summed E-state index contributed by atoms with van der Waals surface area (Å²) in [7, 11) is -3.59. The molecule has 2 saturated heterocycles. The molecule has 2 aliphatic rings. The molecule has 6 nitrogen and oxygen atoms in total. The molecule has 0 saturated carbocycles. The Balaban J connectivity index is 1.85. The molecule has 0 aromatic heterocycles. The molecule has 2 aliphatic heterocycles. The number of carbonyl (C=O) groups is 1. The summed E-state index contributed by atoms with van der Waals surface area (Å²) in [5.41, 5.74) is 0.229. The van der Waals surface area contributed by atoms with Crippen molar-refractivity contribution in [1.82, 2.24) is 9.21 Å². The molecule has 0 aliphatic carbocycles. The minimum atomic E-state index is -3.59. The van der Waals surface area contributed by atoms with E-state index in [2.05, 4.69) is 0 Å². The van der Waals surface area contributed by atoms with Gasteiger partial charge in [0.25, 0.3) is 5.91 Å². The molecular weight excluding hydrogens is 376 g/mol. The van der Waals surface area contributed by atoms with Crippen LogP contribution in [0.25, 0.3) is 0 Å². The van der Waals surface area contributed by atoms with E-state index >= 15 is 0 Å². The van der Waals surface area contributed by atoms with Crippen molar-refractivity contribution < 1.29 is 17.9 Å². The SMILES string of the molecule is CCN(CC1CCCO1)C(=O)c1cc(S(=O)(=O)N2CCCC2)ccc1Cl. The molecule has 0 N–H and O–H groups in total. The van der Waals surface area contributed by atoms with Crippen molar-refractivity contribution in [3.63, 3.8) is 0 Å². The lowest BCUT2D eigenvalue weighted by atomic mass is 10.1. The summed E-state index contributed by atoms with van der Waals surface area (Å²) in [5.74, 6) is -0.258. The van der Waals surface area contributed by atoms with E-state index in [-0.39, 0.29) is 27.5 Å². The summed E-state index contributed by atoms with van der Waals surface area (Å²) in [4.78, 5) is 14.8. The third-order valence-corrected chi connectivity index (χ3v) is 7.21. The summed E-state index contributed by atoms with van der Waals surface area (Å²) in [6.45, 7) is 4.67. The number of amides is 1. The second kappa shape index (κ2) is 8.25. The van der Waals surface area contributed by atoms with Gasteiger partial charge < -0.3 is 9.64 Å². The molecule has 1 atom stereocenters. The van der Waals surface area contributed by atoms with Crippen LogP contribution in [0.15, 0.2) is 23.1 Å². The lowest BCUT2D eigenvalue weighted by molar-refractivity contribution is 0.0539. The van der Waals surface area contributed by atoms with Gasteiger partial charge in [-0.2, -0.15) is 4.31 Å². The van der Waals surface area contributed by atoms with Crippen molar-refractivity contribution >= 4 is 27.5 Å². The van der Waals surface area contributed by atoms with Gasteiger partial charge in [-0.05, 0) is 50.8 Å². The Morgan fingerprint density at radius 1 is 1.31 bits per heavy atom. The number of sulfonamides is 1. The number of hydrogen-bond donors (Lipinski definition) is 0. The average Bonchev–Trinajstić information content (AvgIpc) is 3.33. The first-order valence-electron chi connectivity index (χ1n) is 9.14. The number of carbonyl (C=O) groups excluding carboxylic acids is 1. The Bertz CT molecular complexity index is 756. The molecule has 0 radical (unpaired) electrons. The van der Waals surface area contributed by atoms with Crippen molar-refractivity contribution in [1.29, 1.82) is 0 Å². The van der Waals surface area contributed by atoms with Gasteiger partial charge >= 0.3 is 0 Å². The van der Waals surface area contributed by atoms with Crippen molar-refractivity contribution in [3.8, 4) is 0 Å². The number of likely N-dealkylation sites (N-methyl/N-ethyl adjacent to an activating group) is 1. The highest BCUT2D eigenvalue weighted by Gasteiger charge is 2.29. The number of benzene rings is 1. The van der Waals surface area contributed by atoms with E-state index in [1.54, 1.807) is 4.90 Å². The summed E-state index contributed by atoms with van der Waals surface area (Å²) in [6, 6.07) is 4.39. The standard InChI is InChI=1S/C18H25ClN2O4S/c1-2-20(13-14-6-5-11-25-14)18(22)16-12-15(7-8-17(16)19)26(23,24)21-9-3-4-10-21/h7-8,12,14H,2-6,9-11,13H2,1H3. The number of halogens is 1. The molecule has 2 fully saturated rings. The Morgan fingerprint density at radius 2 is 2.04 bits per heavy atom. The van der Waals surface area contributed by atoms with Crippen molar-refractivity contribution in [3.05, 3.63) is 28.8 Å². The molecule has 8 heteroatoms. The van der Waals surface area contributed by atoms with Gasteiger partial charge in [0.05, 0.1) is 21.6 Å². The smallest absolute Gasteiger partial charge is 0.255 e. The molecule has 0 spiro atoms. The molecule has 1 aromatic rings. The van der Waals surface area contributed by atoms with Crippen LogP contribution in [0.1, 0.15) is 43.0 Å². The fourth-order valence-electron chi connectivity index (χ4n) is 3.47. The topological polar surface area (TPSA) is 66.9 Å². The third-order valence-electron chi connectivity index (χ3n) is 4.99. The van der Waals surface area contributed by atoms with E-state index < -0.39 is 10.0 Å². The van der Waals surface area contributed by atoms with E-state index in [1.165, 1.54) is 22.5 Å². The number of hydrogen-bond acceptors (Lipinski definition) is 4. The zero-order valence-corrected chi connectivity index (χ0v) is 16.6. The van der Waals surface area contributed by atoms with Crippen molar-refractivity contribution in [2.24, 2.45) is 0 Å². The predicted octanol–water partition coefficient (Wildman–Crippen LogP) is 2.77. The van der Waals surface area contributed by atoms with Gasteiger partial charge in [0.1, 0.15) is 0 Å². The number of rotatable bonds is 6. The van der Waals surface area contributed by atoms with Gasteiger partial charge in [-0.3, -0.25) is 4.79 Å². The maximum atomic E-state index is 13.0. The highest BCUT2D eigenvalue weighted by molar-refractivity contribution is 7.89. The highest BCUT2D eigenvalue weighted by atomic mass is 35.5. The molecular formula is C18H25ClN2O4S. The summed E-state index contributed by atoms with van der Waals surface area (Å²) in [6.07, 6.45) is 3.70. The van der Waals surface area contributed by atoms with Gasteiger partial charge in [0, 0.05) is 32.8 Å². The van der Waals surface area contributed by atoms with Crippen molar-refractivity contribution in [2.45, 2.75) is 43.6 Å². The van der Waals surface area contributed by atoms with Crippen molar-refractivity contribution in [2.75, 3.05) is 32.8 Å². The molecule has 1 unspecified atom stereocenters. The number of ether oxygens (including phenoxy) is 1. The van der Waals surface area contributed by atoms with Crippen LogP contribution in [0.5, 0.6) is 0 Å². The highest BCUT2D eigenvalue weighted by Crippen LogP contribution is 2.26. The van der Waals surface area contributed by atoms with Gasteiger partial charge in [0.15, 0.2) is 0 Å². The van der Waals surface area contributed by atoms with E-state index in [0.29, 0.717) is 26.2 Å². The molecule has 0 bridgehead atoms.